The summed E-state index contributed by atoms with van der Waals surface area (Å²) in [7, 11) is 0. The van der Waals surface area contributed by atoms with Gasteiger partial charge in [-0.1, -0.05) is 64.0 Å². The van der Waals surface area contributed by atoms with Crippen LogP contribution in [0.15, 0.2) is 36.4 Å². The van der Waals surface area contributed by atoms with E-state index in [2.05, 4.69) is 19.1 Å². The van der Waals surface area contributed by atoms with Crippen LogP contribution in [-0.4, -0.2) is 17.7 Å². The Balaban J connectivity index is 1.86. The molecule has 1 aromatic rings. The average molecular weight is 347 g/mol. The Morgan fingerprint density at radius 3 is 2.04 bits per heavy atom. The SMILES string of the molecule is CC/C=C/CCCCCCCCCCCOC(=O)c1ccc(O)cc1. The summed E-state index contributed by atoms with van der Waals surface area (Å²) < 4.78 is 5.24. The lowest BCUT2D eigenvalue weighted by Crippen LogP contribution is -2.06. The first-order chi connectivity index (χ1) is 12.2. The van der Waals surface area contributed by atoms with Gasteiger partial charge in [0.15, 0.2) is 0 Å². The fraction of sp³-hybridized carbons (Fsp3) is 0.591. The highest BCUT2D eigenvalue weighted by Crippen LogP contribution is 2.12. The van der Waals surface area contributed by atoms with E-state index in [9.17, 15) is 9.90 Å². The normalized spacial score (nSPS) is 11.1. The maximum Gasteiger partial charge on any atom is 0.338 e. The summed E-state index contributed by atoms with van der Waals surface area (Å²) in [6.45, 7) is 2.65. The number of phenolic OH excluding ortho intramolecular Hbond substituents is 1. The highest BCUT2D eigenvalue weighted by atomic mass is 16.5. The molecule has 1 N–H and O–H groups in total. The van der Waals surface area contributed by atoms with Crippen LogP contribution in [0.2, 0.25) is 0 Å². The van der Waals surface area contributed by atoms with E-state index in [4.69, 9.17) is 4.74 Å². The molecule has 0 aromatic heterocycles. The molecule has 0 unspecified atom stereocenters. The molecule has 0 aliphatic carbocycles. The lowest BCUT2D eigenvalue weighted by atomic mass is 10.1. The van der Waals surface area contributed by atoms with Crippen LogP contribution in [0.25, 0.3) is 0 Å². The van der Waals surface area contributed by atoms with Gasteiger partial charge in [0.1, 0.15) is 5.75 Å². The van der Waals surface area contributed by atoms with Crippen molar-refractivity contribution in [2.45, 2.75) is 77.6 Å². The molecule has 0 heterocycles. The first-order valence-corrected chi connectivity index (χ1v) is 9.85. The molecule has 0 fully saturated rings. The number of rotatable bonds is 14. The number of unbranched alkanes of at least 4 members (excludes halogenated alkanes) is 9. The van der Waals surface area contributed by atoms with Gasteiger partial charge in [0.2, 0.25) is 0 Å². The molecule has 1 aromatic carbocycles. The molecule has 3 heteroatoms. The molecule has 25 heavy (non-hydrogen) atoms. The summed E-state index contributed by atoms with van der Waals surface area (Å²) in [5.41, 5.74) is 0.489. The molecule has 1 rings (SSSR count). The number of phenols is 1. The van der Waals surface area contributed by atoms with E-state index in [1.54, 1.807) is 12.1 Å². The zero-order valence-electron chi connectivity index (χ0n) is 15.7. The first-order valence-electron chi connectivity index (χ1n) is 9.85. The summed E-state index contributed by atoms with van der Waals surface area (Å²) in [5.74, 6) is -0.154. The molecular formula is C22H34O3. The fourth-order valence-electron chi connectivity index (χ4n) is 2.73. The summed E-state index contributed by atoms with van der Waals surface area (Å²) >= 11 is 0. The van der Waals surface area contributed by atoms with Gasteiger partial charge in [-0.25, -0.2) is 4.79 Å². The number of hydrogen-bond donors (Lipinski definition) is 1. The smallest absolute Gasteiger partial charge is 0.338 e. The fourth-order valence-corrected chi connectivity index (χ4v) is 2.73. The zero-order valence-corrected chi connectivity index (χ0v) is 15.7. The Morgan fingerprint density at radius 2 is 1.44 bits per heavy atom. The minimum absolute atomic E-state index is 0.157. The summed E-state index contributed by atoms with van der Waals surface area (Å²) in [5, 5.41) is 9.19. The largest absolute Gasteiger partial charge is 0.508 e. The average Bonchev–Trinajstić information content (AvgIpc) is 2.62. The Morgan fingerprint density at radius 1 is 0.880 bits per heavy atom. The number of hydrogen-bond acceptors (Lipinski definition) is 3. The van der Waals surface area contributed by atoms with Crippen LogP contribution in [0.5, 0.6) is 5.75 Å². The summed E-state index contributed by atoms with van der Waals surface area (Å²) in [4.78, 5) is 11.8. The number of esters is 1. The maximum atomic E-state index is 11.8. The van der Waals surface area contributed by atoms with Crippen molar-refractivity contribution in [2.24, 2.45) is 0 Å². The number of benzene rings is 1. The number of carbonyl (C=O) groups excluding carboxylic acids is 1. The molecule has 140 valence electrons. The van der Waals surface area contributed by atoms with Gasteiger partial charge in [0.25, 0.3) is 0 Å². The second-order valence-electron chi connectivity index (χ2n) is 6.53. The van der Waals surface area contributed by atoms with E-state index in [1.807, 2.05) is 0 Å². The highest BCUT2D eigenvalue weighted by Gasteiger charge is 2.06. The lowest BCUT2D eigenvalue weighted by Gasteiger charge is -2.05. The minimum Gasteiger partial charge on any atom is -0.508 e. The number of carbonyl (C=O) groups is 1. The number of aromatic hydroxyl groups is 1. The zero-order chi connectivity index (χ0) is 18.2. The highest BCUT2D eigenvalue weighted by molar-refractivity contribution is 5.89. The third-order valence-corrected chi connectivity index (χ3v) is 4.25. The third-order valence-electron chi connectivity index (χ3n) is 4.25. The van der Waals surface area contributed by atoms with Crippen LogP contribution in [0.3, 0.4) is 0 Å². The van der Waals surface area contributed by atoms with Crippen molar-refractivity contribution >= 4 is 5.97 Å². The second kappa shape index (κ2) is 14.6. The van der Waals surface area contributed by atoms with Gasteiger partial charge in [-0.05, 0) is 49.9 Å². The lowest BCUT2D eigenvalue weighted by molar-refractivity contribution is 0.0497. The Bertz CT molecular complexity index is 477. The number of allylic oxidation sites excluding steroid dienone is 2. The van der Waals surface area contributed by atoms with Crippen LogP contribution in [0.1, 0.15) is 87.9 Å². The van der Waals surface area contributed by atoms with Crippen molar-refractivity contribution in [2.75, 3.05) is 6.61 Å². The molecule has 0 atom stereocenters. The van der Waals surface area contributed by atoms with E-state index in [0.717, 1.165) is 19.3 Å². The first kappa shape index (κ1) is 21.3. The van der Waals surface area contributed by atoms with Gasteiger partial charge in [-0.2, -0.15) is 0 Å². The molecule has 0 aliphatic heterocycles. The van der Waals surface area contributed by atoms with Gasteiger partial charge in [-0.15, -0.1) is 0 Å². The van der Waals surface area contributed by atoms with Crippen molar-refractivity contribution < 1.29 is 14.6 Å². The second-order valence-corrected chi connectivity index (χ2v) is 6.53. The topological polar surface area (TPSA) is 46.5 Å². The van der Waals surface area contributed by atoms with Crippen LogP contribution in [-0.2, 0) is 4.74 Å². The molecule has 0 bridgehead atoms. The van der Waals surface area contributed by atoms with Crippen molar-refractivity contribution in [3.63, 3.8) is 0 Å². The molecular weight excluding hydrogens is 312 g/mol. The van der Waals surface area contributed by atoms with Gasteiger partial charge in [0.05, 0.1) is 12.2 Å². The molecule has 0 saturated heterocycles. The van der Waals surface area contributed by atoms with E-state index in [-0.39, 0.29) is 11.7 Å². The van der Waals surface area contributed by atoms with Gasteiger partial charge < -0.3 is 9.84 Å². The molecule has 0 radical (unpaired) electrons. The maximum absolute atomic E-state index is 11.8. The molecule has 0 saturated carbocycles. The molecule has 0 amide bonds. The Hall–Kier alpha value is -1.77. The standard InChI is InChI=1S/C22H34O3/c1-2-3-4-5-6-7-8-9-10-11-12-13-14-19-25-22(24)20-15-17-21(23)18-16-20/h3-4,15-18,23H,2,5-14,19H2,1H3/b4-3+. The van der Waals surface area contributed by atoms with Crippen LogP contribution < -0.4 is 0 Å². The number of ether oxygens (including phenoxy) is 1. The van der Waals surface area contributed by atoms with Gasteiger partial charge >= 0.3 is 5.97 Å². The van der Waals surface area contributed by atoms with E-state index >= 15 is 0 Å². The predicted octanol–water partition coefficient (Wildman–Crippen LogP) is 6.42. The Labute approximate surface area is 153 Å². The van der Waals surface area contributed by atoms with E-state index < -0.39 is 0 Å². The van der Waals surface area contributed by atoms with Crippen molar-refractivity contribution in [1.82, 2.24) is 0 Å². The van der Waals surface area contributed by atoms with Crippen molar-refractivity contribution in [3.05, 3.63) is 42.0 Å². The van der Waals surface area contributed by atoms with Crippen LogP contribution in [0.4, 0.5) is 0 Å². The minimum atomic E-state index is -0.311. The predicted molar refractivity (Wildman–Crippen MR) is 104 cm³/mol. The summed E-state index contributed by atoms with van der Waals surface area (Å²) in [6, 6.07) is 6.16. The van der Waals surface area contributed by atoms with Gasteiger partial charge in [0, 0.05) is 0 Å². The van der Waals surface area contributed by atoms with Gasteiger partial charge in [-0.3, -0.25) is 0 Å². The van der Waals surface area contributed by atoms with Crippen molar-refractivity contribution in [1.29, 1.82) is 0 Å². The van der Waals surface area contributed by atoms with E-state index in [0.29, 0.717) is 12.2 Å². The van der Waals surface area contributed by atoms with E-state index in [1.165, 1.54) is 63.5 Å². The molecule has 0 spiro atoms. The van der Waals surface area contributed by atoms with Crippen LogP contribution >= 0.6 is 0 Å². The monoisotopic (exact) mass is 346 g/mol. The third kappa shape index (κ3) is 11.4. The Kier molecular flexibility index (Phi) is 12.4. The molecule has 0 aliphatic rings. The van der Waals surface area contributed by atoms with Crippen LogP contribution in [0, 0.1) is 0 Å². The van der Waals surface area contributed by atoms with Crippen molar-refractivity contribution in [3.8, 4) is 5.75 Å². The summed E-state index contributed by atoms with van der Waals surface area (Å²) in [6.07, 6.45) is 18.2. The quantitative estimate of drug-likeness (QED) is 0.240. The molecule has 3 nitrogen and oxygen atoms in total.